The number of amides is 1. The fourth-order valence-corrected chi connectivity index (χ4v) is 1.40. The SMILES string of the molecule is CC(C)OCC(=O)N(CCC#N)Cc1ccco1. The van der Waals surface area contributed by atoms with Crippen LogP contribution in [0.4, 0.5) is 0 Å². The molecule has 0 unspecified atom stereocenters. The van der Waals surface area contributed by atoms with Gasteiger partial charge in [0.05, 0.1) is 31.4 Å². The van der Waals surface area contributed by atoms with Crippen LogP contribution in [0, 0.1) is 11.3 Å². The summed E-state index contributed by atoms with van der Waals surface area (Å²) in [5, 5.41) is 8.60. The molecular weight excluding hydrogens is 232 g/mol. The van der Waals surface area contributed by atoms with E-state index >= 15 is 0 Å². The molecule has 0 aliphatic rings. The van der Waals surface area contributed by atoms with E-state index in [-0.39, 0.29) is 18.6 Å². The van der Waals surface area contributed by atoms with E-state index < -0.39 is 0 Å². The Morgan fingerprint density at radius 2 is 2.39 bits per heavy atom. The monoisotopic (exact) mass is 250 g/mol. The number of rotatable bonds is 7. The second-order valence-electron chi connectivity index (χ2n) is 4.16. The van der Waals surface area contributed by atoms with Crippen LogP contribution in [0.5, 0.6) is 0 Å². The van der Waals surface area contributed by atoms with Gasteiger partial charge >= 0.3 is 0 Å². The molecule has 1 amide bonds. The summed E-state index contributed by atoms with van der Waals surface area (Å²) in [4.78, 5) is 13.5. The van der Waals surface area contributed by atoms with Crippen molar-refractivity contribution in [2.75, 3.05) is 13.2 Å². The zero-order valence-electron chi connectivity index (χ0n) is 10.8. The zero-order valence-corrected chi connectivity index (χ0v) is 10.8. The van der Waals surface area contributed by atoms with E-state index in [9.17, 15) is 4.79 Å². The van der Waals surface area contributed by atoms with Gasteiger partial charge in [-0.2, -0.15) is 5.26 Å². The smallest absolute Gasteiger partial charge is 0.249 e. The van der Waals surface area contributed by atoms with Gasteiger partial charge in [0, 0.05) is 6.54 Å². The van der Waals surface area contributed by atoms with Crippen molar-refractivity contribution in [2.45, 2.75) is 32.9 Å². The van der Waals surface area contributed by atoms with Crippen molar-refractivity contribution in [3.8, 4) is 6.07 Å². The van der Waals surface area contributed by atoms with Gasteiger partial charge in [0.15, 0.2) is 0 Å². The Morgan fingerprint density at radius 1 is 1.61 bits per heavy atom. The summed E-state index contributed by atoms with van der Waals surface area (Å²) in [7, 11) is 0. The van der Waals surface area contributed by atoms with E-state index in [0.717, 1.165) is 0 Å². The average Bonchev–Trinajstić information content (AvgIpc) is 2.84. The molecule has 0 N–H and O–H groups in total. The molecule has 5 nitrogen and oxygen atoms in total. The molecule has 0 spiro atoms. The number of furan rings is 1. The number of carbonyl (C=O) groups excluding carboxylic acids is 1. The number of nitriles is 1. The van der Waals surface area contributed by atoms with Crippen LogP contribution >= 0.6 is 0 Å². The molecule has 0 atom stereocenters. The van der Waals surface area contributed by atoms with Gasteiger partial charge in [-0.1, -0.05) is 0 Å². The van der Waals surface area contributed by atoms with Crippen LogP contribution in [0.15, 0.2) is 22.8 Å². The predicted molar refractivity (Wildman–Crippen MR) is 65.4 cm³/mol. The first-order valence-corrected chi connectivity index (χ1v) is 5.92. The van der Waals surface area contributed by atoms with Crippen LogP contribution in [0.2, 0.25) is 0 Å². The normalized spacial score (nSPS) is 10.3. The Bertz CT molecular complexity index is 393. The van der Waals surface area contributed by atoms with Gasteiger partial charge in [-0.15, -0.1) is 0 Å². The third-order valence-electron chi connectivity index (χ3n) is 2.31. The molecule has 98 valence electrons. The molecular formula is C13H18N2O3. The largest absolute Gasteiger partial charge is 0.467 e. The second-order valence-corrected chi connectivity index (χ2v) is 4.16. The number of nitrogens with zero attached hydrogens (tertiary/aromatic N) is 2. The average molecular weight is 250 g/mol. The molecule has 0 bridgehead atoms. The van der Waals surface area contributed by atoms with E-state index in [0.29, 0.717) is 25.3 Å². The molecule has 0 aromatic carbocycles. The third kappa shape index (κ3) is 5.02. The third-order valence-corrected chi connectivity index (χ3v) is 2.31. The quantitative estimate of drug-likeness (QED) is 0.741. The van der Waals surface area contributed by atoms with Crippen molar-refractivity contribution >= 4 is 5.91 Å². The van der Waals surface area contributed by atoms with Gasteiger partial charge in [0.2, 0.25) is 5.91 Å². The van der Waals surface area contributed by atoms with E-state index in [1.807, 2.05) is 19.9 Å². The van der Waals surface area contributed by atoms with E-state index in [1.165, 1.54) is 0 Å². The fraction of sp³-hybridized carbons (Fsp3) is 0.538. The molecule has 1 aromatic heterocycles. The highest BCUT2D eigenvalue weighted by molar-refractivity contribution is 5.77. The Morgan fingerprint density at radius 3 is 2.94 bits per heavy atom. The molecule has 0 fully saturated rings. The minimum absolute atomic E-state index is 0.00961. The Labute approximate surface area is 107 Å². The first-order valence-electron chi connectivity index (χ1n) is 5.92. The molecule has 1 heterocycles. The molecule has 5 heteroatoms. The van der Waals surface area contributed by atoms with Gasteiger partial charge in [-0.05, 0) is 26.0 Å². The highest BCUT2D eigenvalue weighted by Crippen LogP contribution is 2.07. The van der Waals surface area contributed by atoms with Gasteiger partial charge in [-0.25, -0.2) is 0 Å². The lowest BCUT2D eigenvalue weighted by molar-refractivity contribution is -0.138. The molecule has 1 aromatic rings. The van der Waals surface area contributed by atoms with Crippen molar-refractivity contribution in [1.82, 2.24) is 4.90 Å². The highest BCUT2D eigenvalue weighted by Gasteiger charge is 2.15. The molecule has 0 aliphatic heterocycles. The lowest BCUT2D eigenvalue weighted by Crippen LogP contribution is -2.34. The number of ether oxygens (including phenoxy) is 1. The van der Waals surface area contributed by atoms with Gasteiger partial charge in [-0.3, -0.25) is 4.79 Å². The first-order chi connectivity index (χ1) is 8.63. The number of carbonyl (C=O) groups is 1. The molecule has 18 heavy (non-hydrogen) atoms. The standard InChI is InChI=1S/C13H18N2O3/c1-11(2)18-10-13(16)15(7-4-6-14)9-12-5-3-8-17-12/h3,5,8,11H,4,7,9-10H2,1-2H3. The van der Waals surface area contributed by atoms with E-state index in [4.69, 9.17) is 14.4 Å². The Hall–Kier alpha value is -1.80. The van der Waals surface area contributed by atoms with E-state index in [2.05, 4.69) is 0 Å². The first kappa shape index (κ1) is 14.3. The van der Waals surface area contributed by atoms with Gasteiger partial charge in [0.1, 0.15) is 12.4 Å². The van der Waals surface area contributed by atoms with Crippen LogP contribution in [0.3, 0.4) is 0 Å². The zero-order chi connectivity index (χ0) is 13.4. The van der Waals surface area contributed by atoms with Gasteiger partial charge < -0.3 is 14.1 Å². The minimum atomic E-state index is -0.129. The maximum atomic E-state index is 11.9. The Kier molecular flexibility index (Phi) is 5.95. The molecule has 0 radical (unpaired) electrons. The van der Waals surface area contributed by atoms with E-state index in [1.54, 1.807) is 23.3 Å². The van der Waals surface area contributed by atoms with Gasteiger partial charge in [0.25, 0.3) is 0 Å². The number of hydrogen-bond donors (Lipinski definition) is 0. The summed E-state index contributed by atoms with van der Waals surface area (Å²) >= 11 is 0. The summed E-state index contributed by atoms with van der Waals surface area (Å²) in [6.07, 6.45) is 1.87. The molecule has 0 aliphatic carbocycles. The van der Waals surface area contributed by atoms with Crippen LogP contribution in [-0.2, 0) is 16.1 Å². The van der Waals surface area contributed by atoms with Crippen molar-refractivity contribution < 1.29 is 13.9 Å². The maximum absolute atomic E-state index is 11.9. The van der Waals surface area contributed by atoms with Crippen LogP contribution in [-0.4, -0.2) is 30.1 Å². The molecule has 0 saturated heterocycles. The second kappa shape index (κ2) is 7.51. The van der Waals surface area contributed by atoms with Crippen molar-refractivity contribution in [1.29, 1.82) is 5.26 Å². The summed E-state index contributed by atoms with van der Waals surface area (Å²) < 4.78 is 10.5. The molecule has 0 saturated carbocycles. The fourth-order valence-electron chi connectivity index (χ4n) is 1.40. The minimum Gasteiger partial charge on any atom is -0.467 e. The van der Waals surface area contributed by atoms with Crippen molar-refractivity contribution in [3.63, 3.8) is 0 Å². The maximum Gasteiger partial charge on any atom is 0.249 e. The summed E-state index contributed by atoms with van der Waals surface area (Å²) in [6, 6.07) is 5.60. The number of hydrogen-bond acceptors (Lipinski definition) is 4. The van der Waals surface area contributed by atoms with Crippen molar-refractivity contribution in [2.24, 2.45) is 0 Å². The lowest BCUT2D eigenvalue weighted by Gasteiger charge is -2.21. The summed E-state index contributed by atoms with van der Waals surface area (Å²) in [5.74, 6) is 0.571. The van der Waals surface area contributed by atoms with Crippen LogP contribution < -0.4 is 0 Å². The van der Waals surface area contributed by atoms with Crippen molar-refractivity contribution in [3.05, 3.63) is 24.2 Å². The van der Waals surface area contributed by atoms with Crippen LogP contribution in [0.1, 0.15) is 26.0 Å². The highest BCUT2D eigenvalue weighted by atomic mass is 16.5. The lowest BCUT2D eigenvalue weighted by atomic mass is 10.3. The summed E-state index contributed by atoms with van der Waals surface area (Å²) in [6.45, 7) is 4.54. The summed E-state index contributed by atoms with van der Waals surface area (Å²) in [5.41, 5.74) is 0. The predicted octanol–water partition coefficient (Wildman–Crippen LogP) is 1.95. The molecule has 1 rings (SSSR count). The van der Waals surface area contributed by atoms with Crippen LogP contribution in [0.25, 0.3) is 0 Å². The Balaban J connectivity index is 2.54. The topological polar surface area (TPSA) is 66.5 Å².